The third-order valence-corrected chi connectivity index (χ3v) is 3.22. The minimum absolute atomic E-state index is 0.0998. The third-order valence-electron chi connectivity index (χ3n) is 3.22. The molecule has 17 heavy (non-hydrogen) atoms. The molecular weight excluding hydrogens is 212 g/mol. The predicted molar refractivity (Wildman–Crippen MR) is 70.2 cm³/mol. The summed E-state index contributed by atoms with van der Waals surface area (Å²) in [6.45, 7) is 5.40. The number of rotatable bonds is 6. The Balaban J connectivity index is 2.18. The van der Waals surface area contributed by atoms with E-state index in [1.165, 1.54) is 25.7 Å². The van der Waals surface area contributed by atoms with E-state index in [-0.39, 0.29) is 6.61 Å². The van der Waals surface area contributed by atoms with Gasteiger partial charge in [0.15, 0.2) is 0 Å². The van der Waals surface area contributed by atoms with E-state index in [0.29, 0.717) is 6.04 Å². The largest absolute Gasteiger partial charge is 0.392 e. The van der Waals surface area contributed by atoms with Crippen molar-refractivity contribution in [1.82, 2.24) is 4.98 Å². The molecule has 1 fully saturated rings. The van der Waals surface area contributed by atoms with E-state index in [1.807, 2.05) is 19.1 Å². The van der Waals surface area contributed by atoms with Crippen molar-refractivity contribution in [3.05, 3.63) is 23.4 Å². The fourth-order valence-electron chi connectivity index (χ4n) is 2.16. The molecule has 94 valence electrons. The summed E-state index contributed by atoms with van der Waals surface area (Å²) in [5, 5.41) is 9.25. The standard InChI is InChI=1S/C14H22N2O/c1-3-4-7-16(13-5-6-13)14-9-12(10-17)8-11(2)15-14/h8-9,13,17H,3-7,10H2,1-2H3. The smallest absolute Gasteiger partial charge is 0.129 e. The molecule has 0 atom stereocenters. The molecule has 0 amide bonds. The molecule has 3 heteroatoms. The molecule has 1 heterocycles. The minimum Gasteiger partial charge on any atom is -0.392 e. The molecule has 0 radical (unpaired) electrons. The van der Waals surface area contributed by atoms with Gasteiger partial charge in [0.2, 0.25) is 0 Å². The number of aryl methyl sites for hydroxylation is 1. The van der Waals surface area contributed by atoms with Crippen molar-refractivity contribution in [3.63, 3.8) is 0 Å². The first-order valence-corrected chi connectivity index (χ1v) is 6.59. The van der Waals surface area contributed by atoms with Gasteiger partial charge in [-0.15, -0.1) is 0 Å². The second-order valence-corrected chi connectivity index (χ2v) is 4.91. The summed E-state index contributed by atoms with van der Waals surface area (Å²) in [6.07, 6.45) is 4.99. The second kappa shape index (κ2) is 5.50. The maximum Gasteiger partial charge on any atom is 0.129 e. The highest BCUT2D eigenvalue weighted by molar-refractivity contribution is 5.44. The Morgan fingerprint density at radius 3 is 2.76 bits per heavy atom. The quantitative estimate of drug-likeness (QED) is 0.822. The number of aliphatic hydroxyl groups is 1. The highest BCUT2D eigenvalue weighted by Crippen LogP contribution is 2.31. The van der Waals surface area contributed by atoms with Crippen LogP contribution in [0.3, 0.4) is 0 Å². The summed E-state index contributed by atoms with van der Waals surface area (Å²) in [6, 6.07) is 4.66. The lowest BCUT2D eigenvalue weighted by Gasteiger charge is -2.24. The number of anilines is 1. The third kappa shape index (κ3) is 3.19. The zero-order chi connectivity index (χ0) is 12.3. The summed E-state index contributed by atoms with van der Waals surface area (Å²) >= 11 is 0. The van der Waals surface area contributed by atoms with Crippen molar-refractivity contribution in [2.24, 2.45) is 0 Å². The first-order chi connectivity index (χ1) is 8.24. The number of pyridine rings is 1. The molecule has 1 N–H and O–H groups in total. The molecule has 1 aliphatic rings. The molecule has 1 aromatic rings. The first-order valence-electron chi connectivity index (χ1n) is 6.59. The molecule has 0 bridgehead atoms. The van der Waals surface area contributed by atoms with E-state index < -0.39 is 0 Å². The van der Waals surface area contributed by atoms with E-state index >= 15 is 0 Å². The predicted octanol–water partition coefficient (Wildman–Crippen LogP) is 2.65. The number of hydrogen-bond donors (Lipinski definition) is 1. The van der Waals surface area contributed by atoms with Gasteiger partial charge in [-0.25, -0.2) is 4.98 Å². The molecule has 0 unspecified atom stereocenters. The monoisotopic (exact) mass is 234 g/mol. The van der Waals surface area contributed by atoms with Crippen LogP contribution in [0.2, 0.25) is 0 Å². The Morgan fingerprint density at radius 2 is 2.18 bits per heavy atom. The van der Waals surface area contributed by atoms with Gasteiger partial charge in [-0.05, 0) is 43.9 Å². The van der Waals surface area contributed by atoms with E-state index in [2.05, 4.69) is 16.8 Å². The Hall–Kier alpha value is -1.09. The maximum absolute atomic E-state index is 9.25. The number of aromatic nitrogens is 1. The van der Waals surface area contributed by atoms with E-state index in [0.717, 1.165) is 23.6 Å². The average Bonchev–Trinajstić information content (AvgIpc) is 3.13. The number of nitrogens with zero attached hydrogens (tertiary/aromatic N) is 2. The molecule has 0 saturated heterocycles. The Labute approximate surface area is 103 Å². The van der Waals surface area contributed by atoms with E-state index in [9.17, 15) is 5.11 Å². The van der Waals surface area contributed by atoms with Crippen molar-refractivity contribution < 1.29 is 5.11 Å². The first kappa shape index (κ1) is 12.4. The Kier molecular flexibility index (Phi) is 4.00. The highest BCUT2D eigenvalue weighted by Gasteiger charge is 2.29. The van der Waals surface area contributed by atoms with Crippen molar-refractivity contribution in [1.29, 1.82) is 0 Å². The summed E-state index contributed by atoms with van der Waals surface area (Å²) in [5.74, 6) is 1.05. The van der Waals surface area contributed by atoms with Crippen molar-refractivity contribution in [3.8, 4) is 0 Å². The van der Waals surface area contributed by atoms with Gasteiger partial charge in [-0.3, -0.25) is 0 Å². The van der Waals surface area contributed by atoms with E-state index in [1.54, 1.807) is 0 Å². The summed E-state index contributed by atoms with van der Waals surface area (Å²) < 4.78 is 0. The van der Waals surface area contributed by atoms with Crippen LogP contribution in [0, 0.1) is 6.92 Å². The molecular formula is C14H22N2O. The topological polar surface area (TPSA) is 36.4 Å². The summed E-state index contributed by atoms with van der Waals surface area (Å²) in [7, 11) is 0. The van der Waals surface area contributed by atoms with Crippen LogP contribution in [0.15, 0.2) is 12.1 Å². The molecule has 1 aliphatic carbocycles. The SMILES string of the molecule is CCCCN(c1cc(CO)cc(C)n1)C1CC1. The van der Waals surface area contributed by atoms with Crippen LogP contribution in [0.5, 0.6) is 0 Å². The summed E-state index contributed by atoms with van der Waals surface area (Å²) in [5.41, 5.74) is 1.96. The number of aliphatic hydroxyl groups excluding tert-OH is 1. The molecule has 1 saturated carbocycles. The number of hydrogen-bond acceptors (Lipinski definition) is 3. The van der Waals surface area contributed by atoms with Crippen molar-refractivity contribution in [2.75, 3.05) is 11.4 Å². The van der Waals surface area contributed by atoms with E-state index in [4.69, 9.17) is 0 Å². The second-order valence-electron chi connectivity index (χ2n) is 4.91. The molecule has 0 aromatic carbocycles. The van der Waals surface area contributed by atoms with Gasteiger partial charge < -0.3 is 10.0 Å². The normalized spacial score (nSPS) is 15.0. The average molecular weight is 234 g/mol. The van der Waals surface area contributed by atoms with Crippen LogP contribution >= 0.6 is 0 Å². The van der Waals surface area contributed by atoms with Crippen LogP contribution in [-0.2, 0) is 6.61 Å². The fraction of sp³-hybridized carbons (Fsp3) is 0.643. The molecule has 0 spiro atoms. The fourth-order valence-corrected chi connectivity index (χ4v) is 2.16. The lowest BCUT2D eigenvalue weighted by Crippen LogP contribution is -2.28. The van der Waals surface area contributed by atoms with Crippen LogP contribution < -0.4 is 4.90 Å². The summed E-state index contributed by atoms with van der Waals surface area (Å²) in [4.78, 5) is 7.02. The van der Waals surface area contributed by atoms with Gasteiger partial charge in [-0.2, -0.15) is 0 Å². The zero-order valence-corrected chi connectivity index (χ0v) is 10.8. The Bertz CT molecular complexity index is 374. The maximum atomic E-state index is 9.25. The molecule has 0 aliphatic heterocycles. The van der Waals surface area contributed by atoms with Crippen LogP contribution in [0.4, 0.5) is 5.82 Å². The Morgan fingerprint density at radius 1 is 1.41 bits per heavy atom. The molecule has 2 rings (SSSR count). The van der Waals surface area contributed by atoms with Gasteiger partial charge in [0.25, 0.3) is 0 Å². The van der Waals surface area contributed by atoms with Gasteiger partial charge in [-0.1, -0.05) is 13.3 Å². The van der Waals surface area contributed by atoms with Crippen LogP contribution in [0.25, 0.3) is 0 Å². The molecule has 3 nitrogen and oxygen atoms in total. The minimum atomic E-state index is 0.0998. The lowest BCUT2D eigenvalue weighted by molar-refractivity contribution is 0.281. The van der Waals surface area contributed by atoms with Crippen molar-refractivity contribution >= 4 is 5.82 Å². The zero-order valence-electron chi connectivity index (χ0n) is 10.8. The molecule has 1 aromatic heterocycles. The van der Waals surface area contributed by atoms with Gasteiger partial charge in [0, 0.05) is 18.3 Å². The van der Waals surface area contributed by atoms with Gasteiger partial charge in [0.1, 0.15) is 5.82 Å². The van der Waals surface area contributed by atoms with Crippen LogP contribution in [0.1, 0.15) is 43.9 Å². The van der Waals surface area contributed by atoms with Crippen molar-refractivity contribution in [2.45, 2.75) is 52.2 Å². The highest BCUT2D eigenvalue weighted by atomic mass is 16.3. The van der Waals surface area contributed by atoms with Crippen LogP contribution in [-0.4, -0.2) is 22.7 Å². The lowest BCUT2D eigenvalue weighted by atomic mass is 10.2. The van der Waals surface area contributed by atoms with Gasteiger partial charge >= 0.3 is 0 Å². The number of unbranched alkanes of at least 4 members (excludes halogenated alkanes) is 1. The van der Waals surface area contributed by atoms with Gasteiger partial charge in [0.05, 0.1) is 6.61 Å².